The number of nitrogens with zero attached hydrogens (tertiary/aromatic N) is 1. The molecule has 0 radical (unpaired) electrons. The van der Waals surface area contributed by atoms with Crippen molar-refractivity contribution >= 4 is 41.0 Å². The van der Waals surface area contributed by atoms with Gasteiger partial charge < -0.3 is 14.8 Å². The Labute approximate surface area is 208 Å². The third-order valence-corrected chi connectivity index (χ3v) is 6.54. The van der Waals surface area contributed by atoms with Crippen molar-refractivity contribution in [3.63, 3.8) is 0 Å². The number of amides is 3. The van der Waals surface area contributed by atoms with E-state index in [2.05, 4.69) is 12.2 Å². The molecule has 2 aromatic rings. The standard InChI is InChI=1S/C27H28N2O7/c1-3-35-26(33)17-8-10-19(11-9-17)28-23(30)15-36-27(34)18-5-4-6-20(14-18)29-24(31)21-12-7-16(2)13-22(21)25(29)32/h4-6,8-11,14,16,21-22H,3,7,12-13,15H2,1-2H3,(H,28,30)/t16-,21-,22-/m1/s1. The quantitative estimate of drug-likeness (QED) is 0.463. The normalized spacial score (nSPS) is 21.1. The van der Waals surface area contributed by atoms with Crippen LogP contribution in [0.1, 0.15) is 53.8 Å². The summed E-state index contributed by atoms with van der Waals surface area (Å²) in [5.74, 6) is -2.46. The summed E-state index contributed by atoms with van der Waals surface area (Å²) >= 11 is 0. The highest BCUT2D eigenvalue weighted by molar-refractivity contribution is 6.22. The number of esters is 2. The van der Waals surface area contributed by atoms with Crippen molar-refractivity contribution in [2.24, 2.45) is 17.8 Å². The predicted octanol–water partition coefficient (Wildman–Crippen LogP) is 3.58. The van der Waals surface area contributed by atoms with E-state index < -0.39 is 24.5 Å². The fourth-order valence-electron chi connectivity index (χ4n) is 4.73. The van der Waals surface area contributed by atoms with Gasteiger partial charge in [-0.1, -0.05) is 13.0 Å². The molecule has 0 spiro atoms. The molecule has 9 nitrogen and oxygen atoms in total. The predicted molar refractivity (Wildman–Crippen MR) is 130 cm³/mol. The van der Waals surface area contributed by atoms with Crippen molar-refractivity contribution in [2.75, 3.05) is 23.4 Å². The second kappa shape index (κ2) is 10.7. The van der Waals surface area contributed by atoms with Crippen LogP contribution in [0.25, 0.3) is 0 Å². The molecule has 188 valence electrons. The molecule has 1 aliphatic carbocycles. The van der Waals surface area contributed by atoms with E-state index in [1.807, 2.05) is 0 Å². The molecule has 2 aromatic carbocycles. The number of nitrogens with one attached hydrogen (secondary N) is 1. The molecular formula is C27H28N2O7. The van der Waals surface area contributed by atoms with Crippen LogP contribution < -0.4 is 10.2 Å². The summed E-state index contributed by atoms with van der Waals surface area (Å²) in [7, 11) is 0. The van der Waals surface area contributed by atoms with Gasteiger partial charge >= 0.3 is 11.9 Å². The van der Waals surface area contributed by atoms with Crippen molar-refractivity contribution in [2.45, 2.75) is 33.1 Å². The Kier molecular flexibility index (Phi) is 7.47. The van der Waals surface area contributed by atoms with E-state index in [0.29, 0.717) is 35.7 Å². The van der Waals surface area contributed by atoms with E-state index in [1.54, 1.807) is 19.1 Å². The average molecular weight is 493 g/mol. The van der Waals surface area contributed by atoms with Gasteiger partial charge in [0.2, 0.25) is 11.8 Å². The maximum atomic E-state index is 13.0. The number of hydrogen-bond donors (Lipinski definition) is 1. The fourth-order valence-corrected chi connectivity index (χ4v) is 4.73. The molecular weight excluding hydrogens is 464 g/mol. The van der Waals surface area contributed by atoms with Crippen LogP contribution >= 0.6 is 0 Å². The lowest BCUT2D eigenvalue weighted by Crippen LogP contribution is -2.31. The third kappa shape index (κ3) is 5.30. The summed E-state index contributed by atoms with van der Waals surface area (Å²) in [6.07, 6.45) is 2.29. The Hall–Kier alpha value is -4.01. The molecule has 9 heteroatoms. The zero-order chi connectivity index (χ0) is 25.8. The van der Waals surface area contributed by atoms with Gasteiger partial charge in [0.05, 0.1) is 35.3 Å². The first-order valence-corrected chi connectivity index (χ1v) is 12.0. The Morgan fingerprint density at radius 3 is 2.33 bits per heavy atom. The largest absolute Gasteiger partial charge is 0.462 e. The highest BCUT2D eigenvalue weighted by Gasteiger charge is 2.50. The van der Waals surface area contributed by atoms with Crippen molar-refractivity contribution in [1.29, 1.82) is 0 Å². The molecule has 3 atom stereocenters. The van der Waals surface area contributed by atoms with Gasteiger partial charge in [-0.2, -0.15) is 0 Å². The number of imide groups is 1. The first-order valence-electron chi connectivity index (χ1n) is 12.0. The summed E-state index contributed by atoms with van der Waals surface area (Å²) in [6, 6.07) is 12.2. The van der Waals surface area contributed by atoms with Crippen LogP contribution in [0, 0.1) is 17.8 Å². The Balaban J connectivity index is 1.35. The lowest BCUT2D eigenvalue weighted by molar-refractivity contribution is -0.122. The van der Waals surface area contributed by atoms with E-state index in [1.165, 1.54) is 41.3 Å². The summed E-state index contributed by atoms with van der Waals surface area (Å²) < 4.78 is 10.0. The van der Waals surface area contributed by atoms with Crippen LogP contribution in [0.4, 0.5) is 11.4 Å². The molecule has 1 saturated heterocycles. The Morgan fingerprint density at radius 2 is 1.61 bits per heavy atom. The van der Waals surface area contributed by atoms with Crippen molar-refractivity contribution in [3.8, 4) is 0 Å². The minimum atomic E-state index is -0.755. The second-order valence-corrected chi connectivity index (χ2v) is 9.12. The topological polar surface area (TPSA) is 119 Å². The molecule has 0 unspecified atom stereocenters. The number of carbonyl (C=O) groups excluding carboxylic acids is 5. The van der Waals surface area contributed by atoms with Crippen molar-refractivity contribution < 1.29 is 33.4 Å². The lowest BCUT2D eigenvalue weighted by Gasteiger charge is -2.25. The number of carbonyl (C=O) groups is 5. The fraction of sp³-hybridized carbons (Fsp3) is 0.370. The molecule has 0 bridgehead atoms. The first-order chi connectivity index (χ1) is 17.3. The summed E-state index contributed by atoms with van der Waals surface area (Å²) in [4.78, 5) is 63.6. The molecule has 0 aromatic heterocycles. The monoisotopic (exact) mass is 492 g/mol. The minimum absolute atomic E-state index is 0.128. The molecule has 3 amide bonds. The Bertz CT molecular complexity index is 1190. The second-order valence-electron chi connectivity index (χ2n) is 9.12. The lowest BCUT2D eigenvalue weighted by atomic mass is 9.76. The number of anilines is 2. The van der Waals surface area contributed by atoms with E-state index in [4.69, 9.17) is 9.47 Å². The number of ether oxygens (including phenoxy) is 2. The Morgan fingerprint density at radius 1 is 0.917 bits per heavy atom. The van der Waals surface area contributed by atoms with Crippen LogP contribution in [-0.4, -0.2) is 42.9 Å². The van der Waals surface area contributed by atoms with Gasteiger partial charge in [0.15, 0.2) is 6.61 Å². The van der Waals surface area contributed by atoms with E-state index in [-0.39, 0.29) is 35.8 Å². The third-order valence-electron chi connectivity index (χ3n) is 6.54. The van der Waals surface area contributed by atoms with Crippen LogP contribution in [0.2, 0.25) is 0 Å². The maximum Gasteiger partial charge on any atom is 0.338 e. The van der Waals surface area contributed by atoms with Gasteiger partial charge in [-0.05, 0) is 74.6 Å². The highest BCUT2D eigenvalue weighted by atomic mass is 16.5. The maximum absolute atomic E-state index is 13.0. The zero-order valence-electron chi connectivity index (χ0n) is 20.2. The highest BCUT2D eigenvalue weighted by Crippen LogP contribution is 2.42. The number of hydrogen-bond acceptors (Lipinski definition) is 7. The molecule has 1 N–H and O–H groups in total. The molecule has 1 aliphatic heterocycles. The van der Waals surface area contributed by atoms with Gasteiger partial charge in [0, 0.05) is 5.69 Å². The summed E-state index contributed by atoms with van der Waals surface area (Å²) in [5.41, 5.74) is 1.23. The van der Waals surface area contributed by atoms with Crippen LogP contribution in [0.3, 0.4) is 0 Å². The first kappa shape index (κ1) is 25.1. The van der Waals surface area contributed by atoms with Gasteiger partial charge in [-0.15, -0.1) is 0 Å². The molecule has 4 rings (SSSR count). The molecule has 1 saturated carbocycles. The minimum Gasteiger partial charge on any atom is -0.462 e. The van der Waals surface area contributed by atoms with Gasteiger partial charge in [0.1, 0.15) is 0 Å². The van der Waals surface area contributed by atoms with Gasteiger partial charge in [0.25, 0.3) is 5.91 Å². The van der Waals surface area contributed by atoms with Crippen LogP contribution in [0.5, 0.6) is 0 Å². The van der Waals surface area contributed by atoms with Gasteiger partial charge in [-0.25, -0.2) is 9.59 Å². The summed E-state index contributed by atoms with van der Waals surface area (Å²) in [6.45, 7) is 3.52. The molecule has 2 fully saturated rings. The number of benzene rings is 2. The molecule has 2 aliphatic rings. The molecule has 36 heavy (non-hydrogen) atoms. The van der Waals surface area contributed by atoms with Crippen LogP contribution in [0.15, 0.2) is 48.5 Å². The molecule has 1 heterocycles. The smallest absolute Gasteiger partial charge is 0.338 e. The van der Waals surface area contributed by atoms with E-state index in [9.17, 15) is 24.0 Å². The van der Waals surface area contributed by atoms with E-state index >= 15 is 0 Å². The van der Waals surface area contributed by atoms with Gasteiger partial charge in [-0.3, -0.25) is 19.3 Å². The van der Waals surface area contributed by atoms with E-state index in [0.717, 1.165) is 6.42 Å². The zero-order valence-corrected chi connectivity index (χ0v) is 20.2. The number of fused-ring (bicyclic) bond motifs is 1. The van der Waals surface area contributed by atoms with Crippen LogP contribution in [-0.2, 0) is 23.9 Å². The summed E-state index contributed by atoms with van der Waals surface area (Å²) in [5, 5.41) is 2.58. The SMILES string of the molecule is CCOC(=O)c1ccc(NC(=O)COC(=O)c2cccc(N3C(=O)[C@@H]4CC[C@@H](C)C[C@H]4C3=O)c2)cc1. The number of rotatable bonds is 7. The van der Waals surface area contributed by atoms with Crippen molar-refractivity contribution in [1.82, 2.24) is 0 Å². The van der Waals surface area contributed by atoms with Crippen molar-refractivity contribution in [3.05, 3.63) is 59.7 Å². The average Bonchev–Trinajstić information content (AvgIpc) is 3.12.